The van der Waals surface area contributed by atoms with Crippen molar-refractivity contribution in [2.75, 3.05) is 0 Å². The SMILES string of the molecule is O=C(O)c1ccc(/C=C\c2nc(-c3ccc(F)cc3)cs2)cc1. The van der Waals surface area contributed by atoms with Crippen LogP contribution in [0.3, 0.4) is 0 Å². The lowest BCUT2D eigenvalue weighted by Crippen LogP contribution is -1.94. The molecule has 0 saturated carbocycles. The number of hydrogen-bond acceptors (Lipinski definition) is 3. The van der Waals surface area contributed by atoms with Gasteiger partial charge in [-0.1, -0.05) is 18.2 Å². The molecule has 0 bridgehead atoms. The number of carbonyl (C=O) groups is 1. The first kappa shape index (κ1) is 15.1. The summed E-state index contributed by atoms with van der Waals surface area (Å²) in [6.45, 7) is 0. The molecule has 2 aromatic carbocycles. The van der Waals surface area contributed by atoms with Crippen molar-refractivity contribution in [2.45, 2.75) is 0 Å². The second kappa shape index (κ2) is 6.54. The molecule has 0 fully saturated rings. The Morgan fingerprint density at radius 3 is 2.39 bits per heavy atom. The van der Waals surface area contributed by atoms with E-state index in [-0.39, 0.29) is 11.4 Å². The standard InChI is InChI=1S/C18H12FNO2S/c19-15-8-6-13(7-9-15)16-11-23-17(20-16)10-3-12-1-4-14(5-2-12)18(21)22/h1-11H,(H,21,22)/b10-3-. The van der Waals surface area contributed by atoms with E-state index >= 15 is 0 Å². The van der Waals surface area contributed by atoms with Crippen LogP contribution in [0.25, 0.3) is 23.4 Å². The average molecular weight is 325 g/mol. The first-order valence-corrected chi connectivity index (χ1v) is 7.73. The van der Waals surface area contributed by atoms with Gasteiger partial charge in [0, 0.05) is 10.9 Å². The van der Waals surface area contributed by atoms with E-state index in [4.69, 9.17) is 5.11 Å². The van der Waals surface area contributed by atoms with E-state index in [1.165, 1.54) is 23.5 Å². The fourth-order valence-electron chi connectivity index (χ4n) is 2.02. The molecule has 3 rings (SSSR count). The molecule has 1 heterocycles. The molecule has 0 aliphatic carbocycles. The zero-order chi connectivity index (χ0) is 16.2. The van der Waals surface area contributed by atoms with Crippen molar-refractivity contribution in [1.82, 2.24) is 4.98 Å². The maximum atomic E-state index is 12.9. The van der Waals surface area contributed by atoms with Crippen molar-refractivity contribution in [3.8, 4) is 11.3 Å². The van der Waals surface area contributed by atoms with E-state index in [2.05, 4.69) is 4.98 Å². The number of benzene rings is 2. The molecule has 23 heavy (non-hydrogen) atoms. The van der Waals surface area contributed by atoms with Gasteiger partial charge in [0.2, 0.25) is 0 Å². The molecule has 3 aromatic rings. The van der Waals surface area contributed by atoms with Crippen molar-refractivity contribution in [3.05, 3.63) is 75.9 Å². The van der Waals surface area contributed by atoms with Gasteiger partial charge in [0.05, 0.1) is 11.3 Å². The zero-order valence-corrected chi connectivity index (χ0v) is 12.8. The van der Waals surface area contributed by atoms with Crippen LogP contribution in [0, 0.1) is 5.82 Å². The topological polar surface area (TPSA) is 50.2 Å². The third-order valence-corrected chi connectivity index (χ3v) is 4.05. The van der Waals surface area contributed by atoms with E-state index in [0.29, 0.717) is 0 Å². The Bertz CT molecular complexity index is 851. The van der Waals surface area contributed by atoms with Crippen LogP contribution in [0.5, 0.6) is 0 Å². The van der Waals surface area contributed by atoms with Gasteiger partial charge >= 0.3 is 5.97 Å². The third kappa shape index (κ3) is 3.70. The number of thiazole rings is 1. The van der Waals surface area contributed by atoms with Crippen molar-refractivity contribution < 1.29 is 14.3 Å². The number of aromatic nitrogens is 1. The van der Waals surface area contributed by atoms with Crippen molar-refractivity contribution >= 4 is 29.5 Å². The van der Waals surface area contributed by atoms with Gasteiger partial charge in [-0.05, 0) is 48.0 Å². The van der Waals surface area contributed by atoms with Crippen LogP contribution in [-0.2, 0) is 0 Å². The lowest BCUT2D eigenvalue weighted by molar-refractivity contribution is 0.0697. The molecule has 0 radical (unpaired) electrons. The third-order valence-electron chi connectivity index (χ3n) is 3.24. The smallest absolute Gasteiger partial charge is 0.335 e. The Morgan fingerprint density at radius 2 is 1.74 bits per heavy atom. The highest BCUT2D eigenvalue weighted by atomic mass is 32.1. The molecule has 5 heteroatoms. The Hall–Kier alpha value is -2.79. The first-order valence-electron chi connectivity index (χ1n) is 6.85. The molecule has 0 saturated heterocycles. The number of nitrogens with zero attached hydrogens (tertiary/aromatic N) is 1. The van der Waals surface area contributed by atoms with Crippen LogP contribution >= 0.6 is 11.3 Å². The minimum atomic E-state index is -0.940. The molecule has 0 atom stereocenters. The van der Waals surface area contributed by atoms with E-state index in [0.717, 1.165) is 21.8 Å². The highest BCUT2D eigenvalue weighted by Gasteiger charge is 2.03. The number of hydrogen-bond donors (Lipinski definition) is 1. The number of aromatic carboxylic acids is 1. The summed E-state index contributed by atoms with van der Waals surface area (Å²) in [5.41, 5.74) is 2.83. The van der Waals surface area contributed by atoms with E-state index in [1.54, 1.807) is 36.4 Å². The van der Waals surface area contributed by atoms with E-state index in [9.17, 15) is 9.18 Å². The summed E-state index contributed by atoms with van der Waals surface area (Å²) in [6, 6.07) is 12.8. The van der Waals surface area contributed by atoms with Crippen molar-refractivity contribution in [2.24, 2.45) is 0 Å². The van der Waals surface area contributed by atoms with E-state index in [1.807, 2.05) is 17.5 Å². The van der Waals surface area contributed by atoms with Gasteiger partial charge in [0.15, 0.2) is 0 Å². The summed E-state index contributed by atoms with van der Waals surface area (Å²) in [5, 5.41) is 11.6. The number of halogens is 1. The van der Waals surface area contributed by atoms with Crippen LogP contribution in [0.4, 0.5) is 4.39 Å². The van der Waals surface area contributed by atoms with Crippen LogP contribution in [-0.4, -0.2) is 16.1 Å². The first-order chi connectivity index (χ1) is 11.1. The monoisotopic (exact) mass is 325 g/mol. The number of carboxylic acid groups (broad SMARTS) is 1. The second-order valence-corrected chi connectivity index (χ2v) is 5.73. The van der Waals surface area contributed by atoms with Gasteiger partial charge in [-0.15, -0.1) is 11.3 Å². The van der Waals surface area contributed by atoms with Crippen LogP contribution < -0.4 is 0 Å². The molecular formula is C18H12FNO2S. The summed E-state index contributed by atoms with van der Waals surface area (Å²) < 4.78 is 12.9. The Kier molecular flexibility index (Phi) is 4.30. The fourth-order valence-corrected chi connectivity index (χ4v) is 2.74. The summed E-state index contributed by atoms with van der Waals surface area (Å²) in [4.78, 5) is 15.3. The van der Waals surface area contributed by atoms with Crippen LogP contribution in [0.15, 0.2) is 53.9 Å². The summed E-state index contributed by atoms with van der Waals surface area (Å²) in [6.07, 6.45) is 3.74. The molecule has 1 aromatic heterocycles. The molecule has 0 spiro atoms. The minimum absolute atomic E-state index is 0.259. The van der Waals surface area contributed by atoms with Gasteiger partial charge in [-0.3, -0.25) is 0 Å². The van der Waals surface area contributed by atoms with Gasteiger partial charge in [0.25, 0.3) is 0 Å². The summed E-state index contributed by atoms with van der Waals surface area (Å²) >= 11 is 1.49. The second-order valence-electron chi connectivity index (χ2n) is 4.84. The number of carboxylic acids is 1. The molecule has 1 N–H and O–H groups in total. The van der Waals surface area contributed by atoms with Gasteiger partial charge < -0.3 is 5.11 Å². The molecular weight excluding hydrogens is 313 g/mol. The predicted octanol–water partition coefficient (Wildman–Crippen LogP) is 4.82. The normalized spacial score (nSPS) is 11.0. The highest BCUT2D eigenvalue weighted by molar-refractivity contribution is 7.10. The van der Waals surface area contributed by atoms with Crippen LogP contribution in [0.2, 0.25) is 0 Å². The fraction of sp³-hybridized carbons (Fsp3) is 0. The summed E-state index contributed by atoms with van der Waals surface area (Å²) in [7, 11) is 0. The summed E-state index contributed by atoms with van der Waals surface area (Å²) in [5.74, 6) is -1.21. The zero-order valence-electron chi connectivity index (χ0n) is 11.9. The Labute approximate surface area is 136 Å². The van der Waals surface area contributed by atoms with E-state index < -0.39 is 5.97 Å². The van der Waals surface area contributed by atoms with Gasteiger partial charge in [0.1, 0.15) is 10.8 Å². The Balaban J connectivity index is 1.75. The molecule has 0 amide bonds. The lowest BCUT2D eigenvalue weighted by atomic mass is 10.1. The van der Waals surface area contributed by atoms with Crippen LogP contribution in [0.1, 0.15) is 20.9 Å². The Morgan fingerprint density at radius 1 is 1.04 bits per heavy atom. The predicted molar refractivity (Wildman–Crippen MR) is 89.8 cm³/mol. The molecule has 3 nitrogen and oxygen atoms in total. The molecule has 0 aliphatic rings. The maximum absolute atomic E-state index is 12.9. The molecule has 0 unspecified atom stereocenters. The largest absolute Gasteiger partial charge is 0.478 e. The minimum Gasteiger partial charge on any atom is -0.478 e. The van der Waals surface area contributed by atoms with Gasteiger partial charge in [-0.25, -0.2) is 14.2 Å². The lowest BCUT2D eigenvalue weighted by Gasteiger charge is -1.96. The maximum Gasteiger partial charge on any atom is 0.335 e. The van der Waals surface area contributed by atoms with Crippen molar-refractivity contribution in [3.63, 3.8) is 0 Å². The average Bonchev–Trinajstić information content (AvgIpc) is 3.03. The highest BCUT2D eigenvalue weighted by Crippen LogP contribution is 2.23. The number of rotatable bonds is 4. The molecule has 114 valence electrons. The quantitative estimate of drug-likeness (QED) is 0.748. The molecule has 0 aliphatic heterocycles. The van der Waals surface area contributed by atoms with Crippen molar-refractivity contribution in [1.29, 1.82) is 0 Å². The van der Waals surface area contributed by atoms with Gasteiger partial charge in [-0.2, -0.15) is 0 Å².